The molecule has 0 saturated heterocycles. The van der Waals surface area contributed by atoms with Crippen molar-refractivity contribution >= 4 is 23.4 Å². The zero-order chi connectivity index (χ0) is 16.8. The monoisotopic (exact) mass is 357 g/mol. The minimum atomic E-state index is 0.733. The molecular formula is C19H20ClN3S. The molecule has 0 N–H and O–H groups in total. The lowest BCUT2D eigenvalue weighted by Gasteiger charge is -2.10. The van der Waals surface area contributed by atoms with Gasteiger partial charge in [0.1, 0.15) is 5.82 Å². The van der Waals surface area contributed by atoms with E-state index in [-0.39, 0.29) is 0 Å². The summed E-state index contributed by atoms with van der Waals surface area (Å²) in [5, 5.41) is 10.5. The number of hydrogen-bond donors (Lipinski definition) is 0. The third-order valence-corrected chi connectivity index (χ3v) is 4.99. The van der Waals surface area contributed by atoms with Crippen molar-refractivity contribution in [3.05, 3.63) is 71.0 Å². The number of rotatable bonds is 7. The lowest BCUT2D eigenvalue weighted by atomic mass is 10.1. The van der Waals surface area contributed by atoms with Gasteiger partial charge in [-0.1, -0.05) is 67.0 Å². The quantitative estimate of drug-likeness (QED) is 0.418. The number of thioether (sulfide) groups is 1. The summed E-state index contributed by atoms with van der Waals surface area (Å²) in [5.74, 6) is 2.00. The highest BCUT2D eigenvalue weighted by molar-refractivity contribution is 7.99. The van der Waals surface area contributed by atoms with E-state index in [0.717, 1.165) is 33.9 Å². The Morgan fingerprint density at radius 3 is 2.46 bits per heavy atom. The summed E-state index contributed by atoms with van der Waals surface area (Å²) in [5.41, 5.74) is 2.28. The SMILES string of the molecule is CCCCSc1nnc(Cc2ccccc2)n1-c1ccc(Cl)cc1. The molecule has 0 radical (unpaired) electrons. The van der Waals surface area contributed by atoms with Gasteiger partial charge in [-0.25, -0.2) is 0 Å². The third kappa shape index (κ3) is 4.19. The molecule has 0 spiro atoms. The molecule has 124 valence electrons. The molecule has 2 aromatic carbocycles. The van der Waals surface area contributed by atoms with E-state index in [1.54, 1.807) is 11.8 Å². The number of nitrogens with zero attached hydrogens (tertiary/aromatic N) is 3. The Bertz CT molecular complexity index is 769. The minimum absolute atomic E-state index is 0.733. The molecule has 1 heterocycles. The highest BCUT2D eigenvalue weighted by Gasteiger charge is 2.14. The van der Waals surface area contributed by atoms with Crippen LogP contribution in [0.5, 0.6) is 0 Å². The summed E-state index contributed by atoms with van der Waals surface area (Å²) in [7, 11) is 0. The first-order valence-electron chi connectivity index (χ1n) is 8.15. The Kier molecular flexibility index (Phi) is 5.94. The minimum Gasteiger partial charge on any atom is -0.274 e. The molecule has 0 bridgehead atoms. The summed E-state index contributed by atoms with van der Waals surface area (Å²) >= 11 is 7.80. The molecule has 3 rings (SSSR count). The fraction of sp³-hybridized carbons (Fsp3) is 0.263. The molecule has 0 fully saturated rings. The van der Waals surface area contributed by atoms with Crippen LogP contribution in [0.25, 0.3) is 5.69 Å². The number of hydrogen-bond acceptors (Lipinski definition) is 3. The highest BCUT2D eigenvalue weighted by Crippen LogP contribution is 2.25. The second kappa shape index (κ2) is 8.36. The van der Waals surface area contributed by atoms with Crippen LogP contribution in [-0.2, 0) is 6.42 Å². The Labute approximate surface area is 152 Å². The van der Waals surface area contributed by atoms with Gasteiger partial charge >= 0.3 is 0 Å². The van der Waals surface area contributed by atoms with Gasteiger partial charge in [0.25, 0.3) is 0 Å². The molecule has 1 aromatic heterocycles. The molecule has 0 saturated carbocycles. The van der Waals surface area contributed by atoms with Crippen LogP contribution in [0.2, 0.25) is 5.02 Å². The first kappa shape index (κ1) is 17.1. The van der Waals surface area contributed by atoms with Crippen molar-refractivity contribution < 1.29 is 0 Å². The van der Waals surface area contributed by atoms with E-state index in [1.807, 2.05) is 30.3 Å². The predicted octanol–water partition coefficient (Wildman–Crippen LogP) is 5.40. The van der Waals surface area contributed by atoms with Gasteiger partial charge in [-0.2, -0.15) is 0 Å². The van der Waals surface area contributed by atoms with Crippen LogP contribution in [0.15, 0.2) is 59.8 Å². The van der Waals surface area contributed by atoms with Crippen LogP contribution < -0.4 is 0 Å². The van der Waals surface area contributed by atoms with Crippen LogP contribution in [0, 0.1) is 0 Å². The Morgan fingerprint density at radius 1 is 1.00 bits per heavy atom. The van der Waals surface area contributed by atoms with Crippen molar-refractivity contribution in [2.75, 3.05) is 5.75 Å². The number of aromatic nitrogens is 3. The van der Waals surface area contributed by atoms with Gasteiger partial charge < -0.3 is 0 Å². The maximum Gasteiger partial charge on any atom is 0.195 e. The largest absolute Gasteiger partial charge is 0.274 e. The average Bonchev–Trinajstić information content (AvgIpc) is 2.99. The van der Waals surface area contributed by atoms with E-state index in [1.165, 1.54) is 18.4 Å². The van der Waals surface area contributed by atoms with Crippen molar-refractivity contribution in [3.63, 3.8) is 0 Å². The summed E-state index contributed by atoms with van der Waals surface area (Å²) < 4.78 is 2.14. The van der Waals surface area contributed by atoms with Crippen LogP contribution in [0.3, 0.4) is 0 Å². The summed E-state index contributed by atoms with van der Waals surface area (Å²) in [4.78, 5) is 0. The van der Waals surface area contributed by atoms with Crippen molar-refractivity contribution in [3.8, 4) is 5.69 Å². The van der Waals surface area contributed by atoms with E-state index >= 15 is 0 Å². The first-order chi connectivity index (χ1) is 11.8. The zero-order valence-electron chi connectivity index (χ0n) is 13.7. The van der Waals surface area contributed by atoms with Crippen LogP contribution in [-0.4, -0.2) is 20.5 Å². The van der Waals surface area contributed by atoms with Gasteiger partial charge in [-0.3, -0.25) is 4.57 Å². The maximum absolute atomic E-state index is 6.04. The van der Waals surface area contributed by atoms with Gasteiger partial charge in [-0.05, 0) is 36.2 Å². The fourth-order valence-electron chi connectivity index (χ4n) is 2.44. The molecule has 0 amide bonds. The van der Waals surface area contributed by atoms with Crippen LogP contribution in [0.4, 0.5) is 0 Å². The van der Waals surface area contributed by atoms with E-state index < -0.39 is 0 Å². The Morgan fingerprint density at radius 2 is 1.75 bits per heavy atom. The van der Waals surface area contributed by atoms with Crippen molar-refractivity contribution in [2.24, 2.45) is 0 Å². The smallest absolute Gasteiger partial charge is 0.195 e. The van der Waals surface area contributed by atoms with Gasteiger partial charge in [0.2, 0.25) is 0 Å². The Hall–Kier alpha value is -1.78. The standard InChI is InChI=1S/C19H20ClN3S/c1-2-3-13-24-19-22-21-18(14-15-7-5-4-6-8-15)23(19)17-11-9-16(20)10-12-17/h4-12H,2-3,13-14H2,1H3. The molecule has 0 aliphatic carbocycles. The maximum atomic E-state index is 6.04. The molecule has 0 unspecified atom stereocenters. The second-order valence-electron chi connectivity index (χ2n) is 5.58. The Balaban J connectivity index is 1.94. The van der Waals surface area contributed by atoms with Crippen LogP contribution >= 0.6 is 23.4 Å². The summed E-state index contributed by atoms with van der Waals surface area (Å²) in [6.07, 6.45) is 3.11. The molecule has 0 aliphatic rings. The molecule has 24 heavy (non-hydrogen) atoms. The van der Waals surface area contributed by atoms with Gasteiger partial charge in [0, 0.05) is 22.9 Å². The van der Waals surface area contributed by atoms with E-state index in [4.69, 9.17) is 11.6 Å². The van der Waals surface area contributed by atoms with Crippen molar-refractivity contribution in [2.45, 2.75) is 31.3 Å². The van der Waals surface area contributed by atoms with E-state index in [9.17, 15) is 0 Å². The van der Waals surface area contributed by atoms with Crippen molar-refractivity contribution in [1.82, 2.24) is 14.8 Å². The molecule has 3 aromatic rings. The zero-order valence-corrected chi connectivity index (χ0v) is 15.2. The summed E-state index contributed by atoms with van der Waals surface area (Å²) in [6.45, 7) is 2.20. The van der Waals surface area contributed by atoms with Gasteiger partial charge in [0.05, 0.1) is 0 Å². The highest BCUT2D eigenvalue weighted by atomic mass is 35.5. The van der Waals surface area contributed by atoms with E-state index in [0.29, 0.717) is 0 Å². The lowest BCUT2D eigenvalue weighted by Crippen LogP contribution is -2.04. The second-order valence-corrected chi connectivity index (χ2v) is 7.07. The number of benzene rings is 2. The van der Waals surface area contributed by atoms with Crippen molar-refractivity contribution in [1.29, 1.82) is 0 Å². The number of unbranched alkanes of at least 4 members (excludes halogenated alkanes) is 1. The first-order valence-corrected chi connectivity index (χ1v) is 9.51. The lowest BCUT2D eigenvalue weighted by molar-refractivity contribution is 0.840. The molecular weight excluding hydrogens is 338 g/mol. The topological polar surface area (TPSA) is 30.7 Å². The third-order valence-electron chi connectivity index (χ3n) is 3.72. The van der Waals surface area contributed by atoms with Crippen LogP contribution in [0.1, 0.15) is 31.2 Å². The van der Waals surface area contributed by atoms with E-state index in [2.05, 4.69) is 46.0 Å². The average molecular weight is 358 g/mol. The molecule has 3 nitrogen and oxygen atoms in total. The molecule has 0 aliphatic heterocycles. The van der Waals surface area contributed by atoms with Gasteiger partial charge in [0.15, 0.2) is 5.16 Å². The summed E-state index contributed by atoms with van der Waals surface area (Å²) in [6, 6.07) is 18.2. The number of halogens is 1. The molecule has 0 atom stereocenters. The molecule has 5 heteroatoms. The normalized spacial score (nSPS) is 10.9. The fourth-order valence-corrected chi connectivity index (χ4v) is 3.62. The predicted molar refractivity (Wildman–Crippen MR) is 101 cm³/mol. The van der Waals surface area contributed by atoms with Gasteiger partial charge in [-0.15, -0.1) is 10.2 Å².